The van der Waals surface area contributed by atoms with Crippen LogP contribution in [0, 0.1) is 0 Å². The van der Waals surface area contributed by atoms with E-state index >= 15 is 0 Å². The Labute approximate surface area is 163 Å². The second-order valence-corrected chi connectivity index (χ2v) is 7.92. The van der Waals surface area contributed by atoms with Crippen LogP contribution in [0.5, 0.6) is 11.5 Å². The molecule has 1 atom stereocenters. The molecule has 9 heteroatoms. The number of amides is 1. The average molecular weight is 407 g/mol. The van der Waals surface area contributed by atoms with E-state index in [2.05, 4.69) is 5.32 Å². The van der Waals surface area contributed by atoms with Crippen LogP contribution < -0.4 is 14.8 Å². The van der Waals surface area contributed by atoms with E-state index in [1.807, 2.05) is 0 Å². The second kappa shape index (κ2) is 8.75. The van der Waals surface area contributed by atoms with Crippen molar-refractivity contribution in [1.29, 1.82) is 0 Å². The summed E-state index contributed by atoms with van der Waals surface area (Å²) in [6.45, 7) is 1.42. The summed E-state index contributed by atoms with van der Waals surface area (Å²) < 4.78 is 38.4. The molecule has 2 aromatic carbocycles. The maximum absolute atomic E-state index is 12.4. The fourth-order valence-corrected chi connectivity index (χ4v) is 2.90. The van der Waals surface area contributed by atoms with Crippen LogP contribution in [-0.4, -0.2) is 46.9 Å². The Kier molecular flexibility index (Phi) is 6.63. The zero-order valence-corrected chi connectivity index (χ0v) is 16.7. The van der Waals surface area contributed by atoms with Crippen molar-refractivity contribution in [2.45, 2.75) is 17.9 Å². The fourth-order valence-electron chi connectivity index (χ4n) is 2.27. The summed E-state index contributed by atoms with van der Waals surface area (Å²) in [6, 6.07) is 10.2. The number of carbonyl (C=O) groups is 2. The largest absolute Gasteiger partial charge is 0.497 e. The van der Waals surface area contributed by atoms with Gasteiger partial charge in [0.2, 0.25) is 0 Å². The van der Waals surface area contributed by atoms with Gasteiger partial charge in [0, 0.05) is 12.3 Å². The zero-order valence-electron chi connectivity index (χ0n) is 15.9. The summed E-state index contributed by atoms with van der Waals surface area (Å²) in [6.07, 6.45) is -0.0300. The predicted octanol–water partition coefficient (Wildman–Crippen LogP) is 2.29. The van der Waals surface area contributed by atoms with Crippen molar-refractivity contribution >= 4 is 27.4 Å². The van der Waals surface area contributed by atoms with Crippen molar-refractivity contribution in [3.05, 3.63) is 48.0 Å². The van der Waals surface area contributed by atoms with Gasteiger partial charge in [-0.3, -0.25) is 4.79 Å². The monoisotopic (exact) mass is 407 g/mol. The van der Waals surface area contributed by atoms with Crippen LogP contribution >= 0.6 is 0 Å². The van der Waals surface area contributed by atoms with E-state index in [4.69, 9.17) is 14.2 Å². The number of rotatable bonds is 7. The van der Waals surface area contributed by atoms with Gasteiger partial charge in [0.15, 0.2) is 15.9 Å². The van der Waals surface area contributed by atoms with Crippen LogP contribution in [0.2, 0.25) is 0 Å². The van der Waals surface area contributed by atoms with Crippen LogP contribution in [-0.2, 0) is 19.4 Å². The lowest BCUT2D eigenvalue weighted by atomic mass is 10.2. The van der Waals surface area contributed by atoms with Gasteiger partial charge in [0.05, 0.1) is 30.4 Å². The van der Waals surface area contributed by atoms with Gasteiger partial charge in [-0.25, -0.2) is 13.2 Å². The molecule has 0 aliphatic rings. The Morgan fingerprint density at radius 2 is 1.64 bits per heavy atom. The van der Waals surface area contributed by atoms with Crippen LogP contribution in [0.15, 0.2) is 47.4 Å². The van der Waals surface area contributed by atoms with Gasteiger partial charge in [-0.1, -0.05) is 0 Å². The van der Waals surface area contributed by atoms with Crippen molar-refractivity contribution in [3.63, 3.8) is 0 Å². The van der Waals surface area contributed by atoms with Crippen molar-refractivity contribution in [2.24, 2.45) is 0 Å². The van der Waals surface area contributed by atoms with E-state index in [1.165, 1.54) is 45.4 Å². The Morgan fingerprint density at radius 3 is 2.18 bits per heavy atom. The molecule has 0 fully saturated rings. The SMILES string of the molecule is COc1ccc(OC)c(NC(=O)[C@H](C)OC(=O)c2ccc(S(C)(=O)=O)cc2)c1. The highest BCUT2D eigenvalue weighted by Crippen LogP contribution is 2.29. The predicted molar refractivity (Wildman–Crippen MR) is 103 cm³/mol. The average Bonchev–Trinajstić information content (AvgIpc) is 2.67. The van der Waals surface area contributed by atoms with E-state index < -0.39 is 27.8 Å². The topological polar surface area (TPSA) is 108 Å². The molecule has 0 aliphatic heterocycles. The summed E-state index contributed by atoms with van der Waals surface area (Å²) in [5.74, 6) is -0.372. The lowest BCUT2D eigenvalue weighted by Crippen LogP contribution is -2.30. The molecule has 0 unspecified atom stereocenters. The van der Waals surface area contributed by atoms with E-state index in [9.17, 15) is 18.0 Å². The molecule has 1 amide bonds. The number of methoxy groups -OCH3 is 2. The molecule has 2 aromatic rings. The molecule has 0 heterocycles. The van der Waals surface area contributed by atoms with Gasteiger partial charge in [0.25, 0.3) is 5.91 Å². The molecule has 0 aliphatic carbocycles. The second-order valence-electron chi connectivity index (χ2n) is 5.90. The van der Waals surface area contributed by atoms with E-state index in [-0.39, 0.29) is 10.5 Å². The molecule has 2 rings (SSSR count). The highest BCUT2D eigenvalue weighted by molar-refractivity contribution is 7.90. The molecule has 0 spiro atoms. The van der Waals surface area contributed by atoms with Crippen LogP contribution in [0.1, 0.15) is 17.3 Å². The van der Waals surface area contributed by atoms with Crippen molar-refractivity contribution in [1.82, 2.24) is 0 Å². The maximum atomic E-state index is 12.4. The minimum atomic E-state index is -3.37. The minimum absolute atomic E-state index is 0.0833. The lowest BCUT2D eigenvalue weighted by molar-refractivity contribution is -0.123. The summed E-state index contributed by atoms with van der Waals surface area (Å²) in [7, 11) is -0.415. The molecule has 1 N–H and O–H groups in total. The zero-order chi connectivity index (χ0) is 20.9. The number of sulfone groups is 1. The molecule has 28 heavy (non-hydrogen) atoms. The molecule has 0 aromatic heterocycles. The summed E-state index contributed by atoms with van der Waals surface area (Å²) in [5.41, 5.74) is 0.498. The highest BCUT2D eigenvalue weighted by atomic mass is 32.2. The molecular weight excluding hydrogens is 386 g/mol. The third-order valence-electron chi connectivity index (χ3n) is 3.84. The highest BCUT2D eigenvalue weighted by Gasteiger charge is 2.21. The number of esters is 1. The fraction of sp³-hybridized carbons (Fsp3) is 0.263. The number of nitrogens with one attached hydrogen (secondary N) is 1. The number of carbonyl (C=O) groups excluding carboxylic acids is 2. The van der Waals surface area contributed by atoms with Crippen molar-refractivity contribution < 1.29 is 32.2 Å². The minimum Gasteiger partial charge on any atom is -0.497 e. The van der Waals surface area contributed by atoms with E-state index in [1.54, 1.807) is 18.2 Å². The van der Waals surface area contributed by atoms with E-state index in [0.717, 1.165) is 6.26 Å². The standard InChI is InChI=1S/C19H21NO7S/c1-12(18(21)20-16-11-14(25-2)7-10-17(16)26-3)27-19(22)13-5-8-15(9-6-13)28(4,23)24/h5-12H,1-4H3,(H,20,21)/t12-/m0/s1. The Morgan fingerprint density at radius 1 is 1.00 bits per heavy atom. The van der Waals surface area contributed by atoms with Gasteiger partial charge < -0.3 is 19.5 Å². The third-order valence-corrected chi connectivity index (χ3v) is 4.96. The first-order valence-corrected chi connectivity index (χ1v) is 10.1. The van der Waals surface area contributed by atoms with Gasteiger partial charge in [-0.05, 0) is 43.3 Å². The number of ether oxygens (including phenoxy) is 3. The molecule has 150 valence electrons. The molecule has 8 nitrogen and oxygen atoms in total. The number of hydrogen-bond donors (Lipinski definition) is 1. The summed E-state index contributed by atoms with van der Waals surface area (Å²) in [4.78, 5) is 24.7. The Hall–Kier alpha value is -3.07. The molecule has 0 saturated carbocycles. The van der Waals surface area contributed by atoms with Gasteiger partial charge in [-0.15, -0.1) is 0 Å². The molecular formula is C19H21NO7S. The first-order chi connectivity index (χ1) is 13.2. The van der Waals surface area contributed by atoms with E-state index in [0.29, 0.717) is 17.2 Å². The van der Waals surface area contributed by atoms with Gasteiger partial charge in [0.1, 0.15) is 11.5 Å². The number of hydrogen-bond acceptors (Lipinski definition) is 7. The number of anilines is 1. The summed E-state index contributed by atoms with van der Waals surface area (Å²) in [5, 5.41) is 2.62. The lowest BCUT2D eigenvalue weighted by Gasteiger charge is -2.16. The van der Waals surface area contributed by atoms with Crippen molar-refractivity contribution in [2.75, 3.05) is 25.8 Å². The Bertz CT molecular complexity index is 968. The summed E-state index contributed by atoms with van der Waals surface area (Å²) >= 11 is 0. The van der Waals surface area contributed by atoms with Crippen LogP contribution in [0.4, 0.5) is 5.69 Å². The van der Waals surface area contributed by atoms with Crippen LogP contribution in [0.25, 0.3) is 0 Å². The smallest absolute Gasteiger partial charge is 0.338 e. The van der Waals surface area contributed by atoms with Gasteiger partial charge in [-0.2, -0.15) is 0 Å². The Balaban J connectivity index is 2.07. The van der Waals surface area contributed by atoms with Crippen molar-refractivity contribution in [3.8, 4) is 11.5 Å². The first-order valence-electron chi connectivity index (χ1n) is 8.19. The first kappa shape index (κ1) is 21.2. The molecule has 0 saturated heterocycles. The van der Waals surface area contributed by atoms with Crippen LogP contribution in [0.3, 0.4) is 0 Å². The number of benzene rings is 2. The molecule has 0 radical (unpaired) electrons. The van der Waals surface area contributed by atoms with Gasteiger partial charge >= 0.3 is 5.97 Å². The molecule has 0 bridgehead atoms. The maximum Gasteiger partial charge on any atom is 0.338 e. The normalized spacial score (nSPS) is 12.0. The quantitative estimate of drug-likeness (QED) is 0.702. The third kappa shape index (κ3) is 5.23.